The normalized spacial score (nSPS) is 16.4. The van der Waals surface area contributed by atoms with Gasteiger partial charge in [0.2, 0.25) is 0 Å². The lowest BCUT2D eigenvalue weighted by molar-refractivity contribution is 0.154. The highest BCUT2D eigenvalue weighted by molar-refractivity contribution is 5.83. The van der Waals surface area contributed by atoms with Gasteiger partial charge in [0, 0.05) is 17.4 Å². The first-order valence-electron chi connectivity index (χ1n) is 11.9. The topological polar surface area (TPSA) is 69.3 Å². The number of anilines is 1. The zero-order valence-corrected chi connectivity index (χ0v) is 21.0. The summed E-state index contributed by atoms with van der Waals surface area (Å²) < 4.78 is 13.4. The van der Waals surface area contributed by atoms with Gasteiger partial charge < -0.3 is 9.15 Å². The van der Waals surface area contributed by atoms with Crippen LogP contribution in [0.1, 0.15) is 83.1 Å². The van der Waals surface area contributed by atoms with E-state index < -0.39 is 6.09 Å². The van der Waals surface area contributed by atoms with E-state index in [1.54, 1.807) is 0 Å². The average Bonchev–Trinajstić information content (AvgIpc) is 3.50. The number of allylic oxidation sites excluding steroid dienone is 2. The smallest absolute Gasteiger partial charge is 0.413 e. The highest BCUT2D eigenvalue weighted by Gasteiger charge is 2.28. The third-order valence-electron chi connectivity index (χ3n) is 5.98. The number of benzene rings is 1. The number of nitrogens with zero attached hydrogens (tertiary/aromatic N) is 2. The van der Waals surface area contributed by atoms with Crippen molar-refractivity contribution in [3.8, 4) is 0 Å². The van der Waals surface area contributed by atoms with Gasteiger partial charge in [-0.15, -0.1) is 0 Å². The van der Waals surface area contributed by atoms with Gasteiger partial charge in [-0.1, -0.05) is 57.2 Å². The number of amides is 1. The van der Waals surface area contributed by atoms with Crippen molar-refractivity contribution in [2.24, 2.45) is 0 Å². The molecule has 1 N–H and O–H groups in total. The number of ether oxygens (including phenoxy) is 1. The van der Waals surface area contributed by atoms with E-state index in [0.29, 0.717) is 5.82 Å². The number of rotatable bonds is 5. The number of carbonyl (C=O) groups excluding carboxylic acids is 1. The molecule has 6 heteroatoms. The third kappa shape index (κ3) is 5.44. The minimum Gasteiger partial charge on any atom is -0.461 e. The number of furan rings is 1. The van der Waals surface area contributed by atoms with Crippen LogP contribution in [0, 0.1) is 0 Å². The van der Waals surface area contributed by atoms with Crippen molar-refractivity contribution in [3.63, 3.8) is 0 Å². The summed E-state index contributed by atoms with van der Waals surface area (Å²) in [5.41, 5.74) is 2.78. The predicted molar refractivity (Wildman–Crippen MR) is 135 cm³/mol. The van der Waals surface area contributed by atoms with Crippen molar-refractivity contribution in [2.45, 2.75) is 77.9 Å². The molecule has 1 atom stereocenters. The highest BCUT2D eigenvalue weighted by atomic mass is 16.5. The molecule has 0 saturated carbocycles. The standard InChI is InChI=1S/C28H35N3O3/c1-27(2,3)24-15-14-23(34-24)21-13-12-20(16-21)22-17-25(31(30-22)28(4,5)6)29-26(32)33-18-19-10-8-7-9-11-19/h7-11,14-17,20H,12-13,18H2,1-6H3,(H,29,32). The van der Waals surface area contributed by atoms with Crippen LogP contribution in [-0.2, 0) is 22.3 Å². The van der Waals surface area contributed by atoms with Crippen molar-refractivity contribution >= 4 is 17.5 Å². The lowest BCUT2D eigenvalue weighted by atomic mass is 9.94. The minimum atomic E-state index is -0.492. The van der Waals surface area contributed by atoms with Crippen molar-refractivity contribution in [3.05, 3.63) is 77.4 Å². The molecule has 1 unspecified atom stereocenters. The fourth-order valence-electron chi connectivity index (χ4n) is 4.12. The van der Waals surface area contributed by atoms with E-state index in [0.717, 1.165) is 35.6 Å². The molecule has 1 aromatic carbocycles. The van der Waals surface area contributed by atoms with E-state index in [1.165, 1.54) is 5.57 Å². The SMILES string of the molecule is CC(C)(C)c1ccc(C2=CC(c3cc(NC(=O)OCc4ccccc4)n(C(C)(C)C)n3)CC2)o1. The number of carbonyl (C=O) groups is 1. The van der Waals surface area contributed by atoms with Crippen molar-refractivity contribution < 1.29 is 13.9 Å². The van der Waals surface area contributed by atoms with Gasteiger partial charge in [0.1, 0.15) is 23.9 Å². The van der Waals surface area contributed by atoms with E-state index in [-0.39, 0.29) is 23.5 Å². The van der Waals surface area contributed by atoms with Gasteiger partial charge in [0.25, 0.3) is 0 Å². The molecular weight excluding hydrogens is 426 g/mol. The van der Waals surface area contributed by atoms with Crippen LogP contribution in [0.15, 0.2) is 59.0 Å². The molecule has 0 bridgehead atoms. The molecule has 6 nitrogen and oxygen atoms in total. The molecule has 4 rings (SSSR count). The summed E-state index contributed by atoms with van der Waals surface area (Å²) in [4.78, 5) is 12.5. The van der Waals surface area contributed by atoms with E-state index in [2.05, 4.69) is 65.1 Å². The van der Waals surface area contributed by atoms with Crippen LogP contribution in [0.25, 0.3) is 5.57 Å². The summed E-state index contributed by atoms with van der Waals surface area (Å²) in [5.74, 6) is 2.73. The maximum absolute atomic E-state index is 12.5. The lowest BCUT2D eigenvalue weighted by Gasteiger charge is -2.22. The number of nitrogens with one attached hydrogen (secondary N) is 1. The second-order valence-electron chi connectivity index (χ2n) is 11.0. The van der Waals surface area contributed by atoms with Crippen molar-refractivity contribution in [1.29, 1.82) is 0 Å². The Hall–Kier alpha value is -3.28. The van der Waals surface area contributed by atoms with E-state index >= 15 is 0 Å². The molecule has 1 amide bonds. The van der Waals surface area contributed by atoms with Gasteiger partial charge in [-0.2, -0.15) is 5.10 Å². The first-order valence-corrected chi connectivity index (χ1v) is 11.9. The van der Waals surface area contributed by atoms with Gasteiger partial charge in [-0.3, -0.25) is 5.32 Å². The van der Waals surface area contributed by atoms with Gasteiger partial charge in [-0.25, -0.2) is 9.48 Å². The van der Waals surface area contributed by atoms with E-state index in [1.807, 2.05) is 41.1 Å². The van der Waals surface area contributed by atoms with Crippen LogP contribution < -0.4 is 5.32 Å². The third-order valence-corrected chi connectivity index (χ3v) is 5.98. The molecule has 0 spiro atoms. The van der Waals surface area contributed by atoms with Crippen LogP contribution in [0.4, 0.5) is 10.6 Å². The molecule has 2 heterocycles. The monoisotopic (exact) mass is 461 g/mol. The maximum Gasteiger partial charge on any atom is 0.413 e. The van der Waals surface area contributed by atoms with Crippen LogP contribution in [-0.4, -0.2) is 15.9 Å². The predicted octanol–water partition coefficient (Wildman–Crippen LogP) is 7.24. The summed E-state index contributed by atoms with van der Waals surface area (Å²) in [6, 6.07) is 15.7. The van der Waals surface area contributed by atoms with Gasteiger partial charge in [-0.05, 0) is 56.9 Å². The zero-order chi connectivity index (χ0) is 24.5. The number of aromatic nitrogens is 2. The molecule has 0 radical (unpaired) electrons. The van der Waals surface area contributed by atoms with Crippen LogP contribution in [0.3, 0.4) is 0 Å². The Morgan fingerprint density at radius 3 is 2.50 bits per heavy atom. The minimum absolute atomic E-state index is 0.0159. The summed E-state index contributed by atoms with van der Waals surface area (Å²) in [7, 11) is 0. The average molecular weight is 462 g/mol. The molecule has 1 aliphatic rings. The van der Waals surface area contributed by atoms with E-state index in [4.69, 9.17) is 14.3 Å². The van der Waals surface area contributed by atoms with Gasteiger partial charge in [0.15, 0.2) is 0 Å². The number of hydrogen-bond donors (Lipinski definition) is 1. The van der Waals surface area contributed by atoms with Crippen molar-refractivity contribution in [1.82, 2.24) is 9.78 Å². The highest BCUT2D eigenvalue weighted by Crippen LogP contribution is 2.40. The molecular formula is C28H35N3O3. The van der Waals surface area contributed by atoms with Crippen LogP contribution in [0.5, 0.6) is 0 Å². The van der Waals surface area contributed by atoms with Crippen LogP contribution >= 0.6 is 0 Å². The number of hydrogen-bond acceptors (Lipinski definition) is 4. The quantitative estimate of drug-likeness (QED) is 0.435. The van der Waals surface area contributed by atoms with Crippen LogP contribution in [0.2, 0.25) is 0 Å². The zero-order valence-electron chi connectivity index (χ0n) is 21.0. The van der Waals surface area contributed by atoms with Crippen molar-refractivity contribution in [2.75, 3.05) is 5.32 Å². The molecule has 0 saturated heterocycles. The second-order valence-corrected chi connectivity index (χ2v) is 11.0. The summed E-state index contributed by atoms with van der Waals surface area (Å²) in [6.45, 7) is 12.9. The van der Waals surface area contributed by atoms with E-state index in [9.17, 15) is 4.79 Å². The molecule has 34 heavy (non-hydrogen) atoms. The molecule has 3 aromatic rings. The molecule has 1 aliphatic carbocycles. The summed E-state index contributed by atoms with van der Waals surface area (Å²) >= 11 is 0. The Morgan fingerprint density at radius 2 is 1.85 bits per heavy atom. The molecule has 0 fully saturated rings. The largest absolute Gasteiger partial charge is 0.461 e. The summed E-state index contributed by atoms with van der Waals surface area (Å²) in [6.07, 6.45) is 3.65. The Labute approximate surface area is 202 Å². The fourth-order valence-corrected chi connectivity index (χ4v) is 4.12. The first kappa shape index (κ1) is 23.9. The lowest BCUT2D eigenvalue weighted by Crippen LogP contribution is -2.27. The fraction of sp³-hybridized carbons (Fsp3) is 0.429. The summed E-state index contributed by atoms with van der Waals surface area (Å²) in [5, 5.41) is 7.77. The van der Waals surface area contributed by atoms with Gasteiger partial charge in [0.05, 0.1) is 11.2 Å². The second kappa shape index (κ2) is 9.16. The Morgan fingerprint density at radius 1 is 1.12 bits per heavy atom. The molecule has 2 aromatic heterocycles. The van der Waals surface area contributed by atoms with Gasteiger partial charge >= 0.3 is 6.09 Å². The molecule has 180 valence electrons. The molecule has 0 aliphatic heterocycles. The first-order chi connectivity index (χ1) is 16.0. The maximum atomic E-state index is 12.5. The Bertz CT molecular complexity index is 1170. The Kier molecular flexibility index (Phi) is 6.43. The Balaban J connectivity index is 1.51.